The van der Waals surface area contributed by atoms with E-state index in [9.17, 15) is 0 Å². The van der Waals surface area contributed by atoms with Crippen molar-refractivity contribution in [3.8, 4) is 16.8 Å². The highest BCUT2D eigenvalue weighted by molar-refractivity contribution is 14.2. The van der Waals surface area contributed by atoms with Gasteiger partial charge in [-0.15, -0.1) is 0 Å². The third-order valence-electron chi connectivity index (χ3n) is 11.5. The monoisotopic (exact) mass is 1140 g/mol. The third kappa shape index (κ3) is 6.67. The first-order chi connectivity index (χ1) is 28.3. The van der Waals surface area contributed by atoms with Gasteiger partial charge in [-0.1, -0.05) is 127 Å². The van der Waals surface area contributed by atoms with Gasteiger partial charge in [0, 0.05) is 117 Å². The van der Waals surface area contributed by atoms with Crippen molar-refractivity contribution in [2.75, 3.05) is 4.90 Å². The Morgan fingerprint density at radius 2 is 1.10 bits per heavy atom. The van der Waals surface area contributed by atoms with E-state index >= 15 is 0 Å². The lowest BCUT2D eigenvalue weighted by Gasteiger charge is -2.29. The van der Waals surface area contributed by atoms with Crippen molar-refractivity contribution in [3.63, 3.8) is 0 Å². The maximum Gasteiger partial charge on any atom is 0.0544 e. The summed E-state index contributed by atoms with van der Waals surface area (Å²) in [5.41, 5.74) is 13.6. The lowest BCUT2D eigenvalue weighted by Crippen LogP contribution is -2.17. The Morgan fingerprint density at radius 1 is 0.517 bits per heavy atom. The lowest BCUT2D eigenvalue weighted by molar-refractivity contribution is 0.660. The van der Waals surface area contributed by atoms with E-state index in [0.29, 0.717) is 0 Å². The molecule has 0 radical (unpaired) electrons. The van der Waals surface area contributed by atoms with Crippen LogP contribution in [-0.4, -0.2) is 4.57 Å². The summed E-state index contributed by atoms with van der Waals surface area (Å²) in [5, 5.41) is 7.65. The molecule has 0 aliphatic heterocycles. The molecule has 1 aliphatic carbocycles. The molecule has 0 bridgehead atoms. The van der Waals surface area contributed by atoms with Crippen LogP contribution in [0.15, 0.2) is 160 Å². The van der Waals surface area contributed by atoms with Crippen LogP contribution in [0, 0.1) is 6.92 Å². The fourth-order valence-electron chi connectivity index (χ4n) is 8.85. The van der Waals surface area contributed by atoms with Gasteiger partial charge in [-0.3, -0.25) is 0 Å². The molecule has 1 heterocycles. The second kappa shape index (κ2) is 16.5. The van der Waals surface area contributed by atoms with Crippen LogP contribution in [0.3, 0.4) is 0 Å². The van der Waals surface area contributed by atoms with Crippen molar-refractivity contribution in [2.24, 2.45) is 0 Å². The van der Waals surface area contributed by atoms with Crippen molar-refractivity contribution in [1.29, 1.82) is 0 Å². The van der Waals surface area contributed by atoms with Crippen LogP contribution in [0.25, 0.3) is 60.2 Å². The normalized spacial score (nSPS) is 12.8. The van der Waals surface area contributed by atoms with Crippen LogP contribution < -0.4 is 4.90 Å². The van der Waals surface area contributed by atoms with Crippen molar-refractivity contribution in [1.82, 2.24) is 4.57 Å². The van der Waals surface area contributed by atoms with Gasteiger partial charge < -0.3 is 9.47 Å². The second-order valence-corrected chi connectivity index (χ2v) is 20.8. The number of halogens is 3. The molecule has 288 valence electrons. The van der Waals surface area contributed by atoms with Crippen LogP contribution in [0.2, 0.25) is 0 Å². The summed E-state index contributed by atoms with van der Waals surface area (Å²) in [7, 11) is 5.32. The first-order valence-corrected chi connectivity index (χ1v) is 29.4. The largest absolute Gasteiger partial charge is 0.310 e. The van der Waals surface area contributed by atoms with E-state index in [0.717, 1.165) is 11.4 Å². The minimum absolute atomic E-state index is 0.253. The van der Waals surface area contributed by atoms with E-state index in [2.05, 4.69) is 239 Å². The van der Waals surface area contributed by atoms with E-state index in [1.54, 1.807) is 26.8 Å². The van der Waals surface area contributed by atoms with Gasteiger partial charge in [-0.05, 0) is 119 Å². The molecule has 1 aliphatic rings. The molecule has 0 fully saturated rings. The van der Waals surface area contributed by atoms with Crippen molar-refractivity contribution >= 4 is 151 Å². The molecule has 0 spiro atoms. The first-order valence-electron chi connectivity index (χ1n) is 19.3. The van der Waals surface area contributed by atoms with Crippen molar-refractivity contribution in [2.45, 2.75) is 54.7 Å². The molecular formula is C50H39I3N2S3. The summed E-state index contributed by atoms with van der Waals surface area (Å²) < 4.78 is 2.52. The van der Waals surface area contributed by atoms with E-state index in [4.69, 9.17) is 0 Å². The Bertz CT molecular complexity index is 2980. The average molecular weight is 1140 g/mol. The fourth-order valence-corrected chi connectivity index (χ4v) is 12.6. The van der Waals surface area contributed by atoms with Gasteiger partial charge in [-0.25, -0.2) is 0 Å². The maximum absolute atomic E-state index is 2.52. The predicted octanol–water partition coefficient (Wildman–Crippen LogP) is 18.5. The Labute approximate surface area is 389 Å². The SMILES string of the molecule is CC.Cc1ccc(N(c2ccc3c(c2)C(C)(C)c2cc(-n4c5ccc(SI)cc5c5cc(SI)ccc54)c4ccccc4c2-3)c2ccc(SI)c3ccccc23)cc1. The van der Waals surface area contributed by atoms with Gasteiger partial charge in [-0.2, -0.15) is 0 Å². The Kier molecular flexibility index (Phi) is 11.5. The highest BCUT2D eigenvalue weighted by Crippen LogP contribution is 2.55. The van der Waals surface area contributed by atoms with Crippen LogP contribution >= 0.6 is 90.4 Å². The van der Waals surface area contributed by atoms with Gasteiger partial charge in [0.2, 0.25) is 0 Å². The molecule has 9 aromatic rings. The van der Waals surface area contributed by atoms with E-state index in [-0.39, 0.29) is 5.41 Å². The van der Waals surface area contributed by atoms with Crippen LogP contribution in [0.1, 0.15) is 44.4 Å². The first kappa shape index (κ1) is 40.5. The summed E-state index contributed by atoms with van der Waals surface area (Å²) in [6, 6.07) is 54.9. The number of anilines is 3. The fraction of sp³-hybridized carbons (Fsp3) is 0.120. The molecule has 1 aromatic heterocycles. The number of nitrogens with zero attached hydrogens (tertiary/aromatic N) is 2. The van der Waals surface area contributed by atoms with E-state index < -0.39 is 0 Å². The number of aryl methyl sites for hydroxylation is 1. The molecule has 0 unspecified atom stereocenters. The maximum atomic E-state index is 2.52. The molecule has 8 aromatic carbocycles. The minimum Gasteiger partial charge on any atom is -0.310 e. The second-order valence-electron chi connectivity index (χ2n) is 14.9. The van der Waals surface area contributed by atoms with Crippen molar-refractivity contribution in [3.05, 3.63) is 162 Å². The quantitative estimate of drug-likeness (QED) is 0.147. The molecule has 0 amide bonds. The molecule has 58 heavy (non-hydrogen) atoms. The summed E-state index contributed by atoms with van der Waals surface area (Å²) in [6.07, 6.45) is 0. The van der Waals surface area contributed by atoms with Gasteiger partial charge in [0.1, 0.15) is 0 Å². The molecular weight excluding hydrogens is 1110 g/mol. The third-order valence-corrected chi connectivity index (χ3v) is 17.4. The Hall–Kier alpha value is -2.88. The topological polar surface area (TPSA) is 8.17 Å². The van der Waals surface area contributed by atoms with Gasteiger partial charge >= 0.3 is 0 Å². The predicted molar refractivity (Wildman–Crippen MR) is 284 cm³/mol. The molecule has 0 saturated heterocycles. The summed E-state index contributed by atoms with van der Waals surface area (Å²) in [4.78, 5) is 6.26. The highest BCUT2D eigenvalue weighted by Gasteiger charge is 2.38. The Balaban J connectivity index is 0.00000215. The standard InChI is InChI=1S/C48H33I3N2S3.C2H6/c1-28-12-14-29(15-13-28)52(42-22-23-46(56-51)35-10-6-4-8-33(35)42)30-16-19-37-40(24-30)48(2,3)41-27-45(34-9-5-7-11-36(34)47(37)41)53-43-20-17-31(54-49)25-38(43)39-26-32(55-50)18-21-44(39)53;1-2/h4-27H,1-3H3;1-2H3. The molecule has 0 atom stereocenters. The number of aromatic nitrogens is 1. The average Bonchev–Trinajstić information content (AvgIpc) is 3.71. The summed E-state index contributed by atoms with van der Waals surface area (Å²) >= 11 is 7.20. The molecule has 8 heteroatoms. The number of fused-ring (bicyclic) bond motifs is 9. The number of rotatable bonds is 7. The van der Waals surface area contributed by atoms with Gasteiger partial charge in [0.05, 0.1) is 22.4 Å². The smallest absolute Gasteiger partial charge is 0.0544 e. The summed E-state index contributed by atoms with van der Waals surface area (Å²) in [6.45, 7) is 11.0. The van der Waals surface area contributed by atoms with E-state index in [1.165, 1.54) is 97.2 Å². The van der Waals surface area contributed by atoms with Crippen LogP contribution in [0.5, 0.6) is 0 Å². The minimum atomic E-state index is -0.253. The zero-order valence-electron chi connectivity index (χ0n) is 32.6. The van der Waals surface area contributed by atoms with Gasteiger partial charge in [0.25, 0.3) is 0 Å². The number of hydrogen-bond acceptors (Lipinski definition) is 4. The van der Waals surface area contributed by atoms with Gasteiger partial charge in [0.15, 0.2) is 0 Å². The van der Waals surface area contributed by atoms with E-state index in [1.807, 2.05) is 13.8 Å². The Morgan fingerprint density at radius 3 is 1.72 bits per heavy atom. The summed E-state index contributed by atoms with van der Waals surface area (Å²) in [5.74, 6) is 0. The molecule has 0 saturated carbocycles. The molecule has 0 N–H and O–H groups in total. The number of benzene rings is 8. The zero-order chi connectivity index (χ0) is 40.3. The van der Waals surface area contributed by atoms with Crippen LogP contribution in [0.4, 0.5) is 17.1 Å². The van der Waals surface area contributed by atoms with Crippen LogP contribution in [-0.2, 0) is 5.41 Å². The molecule has 10 rings (SSSR count). The number of hydrogen-bond donors (Lipinski definition) is 0. The lowest BCUT2D eigenvalue weighted by atomic mass is 9.81. The molecule has 2 nitrogen and oxygen atoms in total. The zero-order valence-corrected chi connectivity index (χ0v) is 41.5. The van der Waals surface area contributed by atoms with Crippen molar-refractivity contribution < 1.29 is 0 Å². The highest BCUT2D eigenvalue weighted by atomic mass is 127.